The summed E-state index contributed by atoms with van der Waals surface area (Å²) in [5.41, 5.74) is 3.54. The van der Waals surface area contributed by atoms with Crippen molar-refractivity contribution in [3.05, 3.63) is 78.4 Å². The molecule has 0 bridgehead atoms. The van der Waals surface area contributed by atoms with Gasteiger partial charge in [0.2, 0.25) is 0 Å². The normalized spacial score (nSPS) is 13.7. The van der Waals surface area contributed by atoms with E-state index < -0.39 is 8.07 Å². The average Bonchev–Trinajstić information content (AvgIpc) is 3.12. The van der Waals surface area contributed by atoms with Crippen LogP contribution >= 0.6 is 0 Å². The largest absolute Gasteiger partial charge is 0.356 e. The van der Waals surface area contributed by atoms with Crippen molar-refractivity contribution >= 4 is 41.6 Å². The smallest absolute Gasteiger partial charge is 0.272 e. The predicted molar refractivity (Wildman–Crippen MR) is 137 cm³/mol. The van der Waals surface area contributed by atoms with E-state index in [4.69, 9.17) is 0 Å². The number of fused-ring (bicyclic) bond motifs is 1. The molecule has 0 atom stereocenters. The lowest BCUT2D eigenvalue weighted by Gasteiger charge is -2.31. The number of nitrogens with zero attached hydrogens (tertiary/aromatic N) is 4. The van der Waals surface area contributed by atoms with E-state index in [2.05, 4.69) is 62.6 Å². The van der Waals surface area contributed by atoms with Crippen LogP contribution in [0.4, 0.5) is 11.5 Å². The van der Waals surface area contributed by atoms with Gasteiger partial charge in [0.1, 0.15) is 11.5 Å². The van der Waals surface area contributed by atoms with E-state index in [-0.39, 0.29) is 5.91 Å². The van der Waals surface area contributed by atoms with E-state index in [0.29, 0.717) is 17.9 Å². The highest BCUT2D eigenvalue weighted by Gasteiger charge is 2.21. The lowest BCUT2D eigenvalue weighted by Crippen LogP contribution is -2.37. The van der Waals surface area contributed by atoms with Gasteiger partial charge in [0.25, 0.3) is 5.91 Å². The molecule has 0 radical (unpaired) electrons. The average molecular weight is 456 g/mol. The van der Waals surface area contributed by atoms with Crippen LogP contribution in [0.2, 0.25) is 19.6 Å². The molecule has 168 valence electrons. The first-order valence-electron chi connectivity index (χ1n) is 11.4. The Kier molecular flexibility index (Phi) is 5.50. The van der Waals surface area contributed by atoms with Crippen molar-refractivity contribution in [2.75, 3.05) is 23.3 Å². The summed E-state index contributed by atoms with van der Waals surface area (Å²) in [7, 11) is -1.49. The molecule has 1 aromatic carbocycles. The number of nitrogens with one attached hydrogen (secondary N) is 1. The minimum Gasteiger partial charge on any atom is -0.356 e. The van der Waals surface area contributed by atoms with Crippen LogP contribution in [0.25, 0.3) is 10.9 Å². The van der Waals surface area contributed by atoms with Crippen LogP contribution in [0, 0.1) is 0 Å². The number of rotatable bonds is 6. The third kappa shape index (κ3) is 4.41. The SMILES string of the molecule is C[Si](C)(C)c1ccc2cc(C(=O)Nc3ccc(N4CCC4)nc3)n(Cc3ccncc3)c2c1. The Hall–Kier alpha value is -3.45. The van der Waals surface area contributed by atoms with Gasteiger partial charge in [-0.1, -0.05) is 37.0 Å². The summed E-state index contributed by atoms with van der Waals surface area (Å²) in [6.45, 7) is 9.73. The van der Waals surface area contributed by atoms with Gasteiger partial charge in [-0.15, -0.1) is 0 Å². The molecule has 1 N–H and O–H groups in total. The lowest BCUT2D eigenvalue weighted by atomic mass is 10.2. The first-order chi connectivity index (χ1) is 15.9. The highest BCUT2D eigenvalue weighted by atomic mass is 28.3. The molecule has 5 rings (SSSR count). The Morgan fingerprint density at radius 2 is 1.82 bits per heavy atom. The predicted octanol–water partition coefficient (Wildman–Crippen LogP) is 4.49. The third-order valence-electron chi connectivity index (χ3n) is 6.28. The fraction of sp³-hybridized carbons (Fsp3) is 0.269. The maximum atomic E-state index is 13.4. The first-order valence-corrected chi connectivity index (χ1v) is 14.9. The van der Waals surface area contributed by atoms with Crippen molar-refractivity contribution in [1.82, 2.24) is 14.5 Å². The van der Waals surface area contributed by atoms with Gasteiger partial charge in [0.15, 0.2) is 0 Å². The molecule has 0 unspecified atom stereocenters. The zero-order valence-corrected chi connectivity index (χ0v) is 20.4. The summed E-state index contributed by atoms with van der Waals surface area (Å²) < 4.78 is 2.12. The molecule has 1 amide bonds. The first kappa shape index (κ1) is 21.4. The standard InChI is InChI=1S/C26H29N5OSi/c1-33(2,3)22-7-5-20-15-24(31(23(20)16-22)18-19-9-11-27-12-10-19)26(32)29-21-6-8-25(28-17-21)30-13-4-14-30/h5-12,15-17H,4,13-14,18H2,1-3H3,(H,29,32). The van der Waals surface area contributed by atoms with Crippen molar-refractivity contribution in [1.29, 1.82) is 0 Å². The lowest BCUT2D eigenvalue weighted by molar-refractivity contribution is 0.101. The number of amides is 1. The number of anilines is 2. The van der Waals surface area contributed by atoms with Gasteiger partial charge in [-0.2, -0.15) is 0 Å². The van der Waals surface area contributed by atoms with E-state index in [1.807, 2.05) is 30.3 Å². The van der Waals surface area contributed by atoms with E-state index in [1.54, 1.807) is 18.6 Å². The van der Waals surface area contributed by atoms with Crippen LogP contribution in [0.5, 0.6) is 0 Å². The minimum atomic E-state index is -1.49. The van der Waals surface area contributed by atoms with Gasteiger partial charge in [-0.25, -0.2) is 4.98 Å². The fourth-order valence-electron chi connectivity index (χ4n) is 4.14. The molecule has 0 spiro atoms. The Labute approximate surface area is 195 Å². The summed E-state index contributed by atoms with van der Waals surface area (Å²) in [6.07, 6.45) is 6.53. The molecular formula is C26H29N5OSi. The van der Waals surface area contributed by atoms with Crippen molar-refractivity contribution in [3.8, 4) is 0 Å². The van der Waals surface area contributed by atoms with Crippen LogP contribution in [-0.4, -0.2) is 41.6 Å². The van der Waals surface area contributed by atoms with Gasteiger partial charge >= 0.3 is 0 Å². The molecule has 0 saturated carbocycles. The van der Waals surface area contributed by atoms with E-state index in [0.717, 1.165) is 35.4 Å². The topological polar surface area (TPSA) is 63.1 Å². The van der Waals surface area contributed by atoms with Crippen molar-refractivity contribution < 1.29 is 4.79 Å². The molecular weight excluding hydrogens is 426 g/mol. The van der Waals surface area contributed by atoms with Crippen LogP contribution in [-0.2, 0) is 6.54 Å². The van der Waals surface area contributed by atoms with E-state index in [9.17, 15) is 4.79 Å². The molecule has 3 aromatic heterocycles. The molecule has 4 heterocycles. The number of hydrogen-bond donors (Lipinski definition) is 1. The molecule has 0 aliphatic carbocycles. The van der Waals surface area contributed by atoms with Gasteiger partial charge < -0.3 is 14.8 Å². The highest BCUT2D eigenvalue weighted by molar-refractivity contribution is 6.88. The number of benzene rings is 1. The third-order valence-corrected chi connectivity index (χ3v) is 8.32. The molecule has 1 fully saturated rings. The minimum absolute atomic E-state index is 0.131. The summed E-state index contributed by atoms with van der Waals surface area (Å²) >= 11 is 0. The van der Waals surface area contributed by atoms with Crippen LogP contribution in [0.15, 0.2) is 67.1 Å². The summed E-state index contributed by atoms with van der Waals surface area (Å²) in [5.74, 6) is 0.832. The molecule has 4 aromatic rings. The summed E-state index contributed by atoms with van der Waals surface area (Å²) in [6, 6.07) is 16.5. The van der Waals surface area contributed by atoms with Crippen LogP contribution in [0.3, 0.4) is 0 Å². The zero-order chi connectivity index (χ0) is 23.0. The Balaban J connectivity index is 1.50. The number of carbonyl (C=O) groups excluding carboxylic acids is 1. The summed E-state index contributed by atoms with van der Waals surface area (Å²) in [4.78, 5) is 24.3. The molecule has 1 aliphatic heterocycles. The van der Waals surface area contributed by atoms with Crippen LogP contribution in [0.1, 0.15) is 22.5 Å². The van der Waals surface area contributed by atoms with Gasteiger partial charge in [0.05, 0.1) is 20.0 Å². The van der Waals surface area contributed by atoms with Gasteiger partial charge in [0, 0.05) is 42.9 Å². The van der Waals surface area contributed by atoms with Crippen molar-refractivity contribution in [2.24, 2.45) is 0 Å². The van der Waals surface area contributed by atoms with Gasteiger partial charge in [-0.3, -0.25) is 9.78 Å². The second-order valence-corrected chi connectivity index (χ2v) is 14.8. The quantitative estimate of drug-likeness (QED) is 0.435. The number of aromatic nitrogens is 3. The highest BCUT2D eigenvalue weighted by Crippen LogP contribution is 2.24. The van der Waals surface area contributed by atoms with Crippen molar-refractivity contribution in [2.45, 2.75) is 32.6 Å². The van der Waals surface area contributed by atoms with E-state index >= 15 is 0 Å². The molecule has 6 nitrogen and oxygen atoms in total. The number of carbonyl (C=O) groups is 1. The number of pyridine rings is 2. The fourth-order valence-corrected chi connectivity index (χ4v) is 5.29. The molecule has 1 saturated heterocycles. The Morgan fingerprint density at radius 1 is 1.03 bits per heavy atom. The van der Waals surface area contributed by atoms with E-state index in [1.165, 1.54) is 11.6 Å². The van der Waals surface area contributed by atoms with Crippen LogP contribution < -0.4 is 15.4 Å². The Bertz CT molecular complexity index is 1290. The monoisotopic (exact) mass is 455 g/mol. The second-order valence-electron chi connectivity index (χ2n) is 9.69. The maximum absolute atomic E-state index is 13.4. The maximum Gasteiger partial charge on any atom is 0.272 e. The zero-order valence-electron chi connectivity index (χ0n) is 19.4. The van der Waals surface area contributed by atoms with Gasteiger partial charge in [-0.05, 0) is 48.4 Å². The Morgan fingerprint density at radius 3 is 2.45 bits per heavy atom. The summed E-state index contributed by atoms with van der Waals surface area (Å²) in [5, 5.41) is 5.50. The molecule has 33 heavy (non-hydrogen) atoms. The molecule has 7 heteroatoms. The van der Waals surface area contributed by atoms with Crippen molar-refractivity contribution in [3.63, 3.8) is 0 Å². The number of hydrogen-bond acceptors (Lipinski definition) is 4. The second kappa shape index (κ2) is 8.48. The molecule has 1 aliphatic rings.